The molecule has 7 heteroatoms. The summed E-state index contributed by atoms with van der Waals surface area (Å²) in [5.74, 6) is 1.72. The zero-order chi connectivity index (χ0) is 49.0. The summed E-state index contributed by atoms with van der Waals surface area (Å²) in [5.41, 5.74) is 14.8. The van der Waals surface area contributed by atoms with Gasteiger partial charge in [0, 0.05) is 60.4 Å². The van der Waals surface area contributed by atoms with E-state index in [1.165, 1.54) is 21.5 Å². The molecule has 0 atom stereocenters. The van der Waals surface area contributed by atoms with E-state index in [1.807, 2.05) is 98.8 Å². The van der Waals surface area contributed by atoms with E-state index in [4.69, 9.17) is 15.0 Å². The monoisotopic (exact) mass is 935 g/mol. The van der Waals surface area contributed by atoms with E-state index in [2.05, 4.69) is 171 Å². The Kier molecular flexibility index (Phi) is 10.5. The van der Waals surface area contributed by atoms with Gasteiger partial charge < -0.3 is 13.7 Å². The van der Waals surface area contributed by atoms with Gasteiger partial charge in [-0.05, 0) is 83.9 Å². The summed E-state index contributed by atoms with van der Waals surface area (Å²) < 4.78 is 7.18. The smallest absolute Gasteiger partial charge is 0.166 e. The molecular formula is C66H45N7. The van der Waals surface area contributed by atoms with Gasteiger partial charge in [0.25, 0.3) is 0 Å². The van der Waals surface area contributed by atoms with E-state index in [1.54, 1.807) is 0 Å². The van der Waals surface area contributed by atoms with Crippen LogP contribution in [0.4, 0.5) is 0 Å². The molecule has 0 fully saturated rings. The van der Waals surface area contributed by atoms with Crippen molar-refractivity contribution in [3.05, 3.63) is 242 Å². The highest BCUT2D eigenvalue weighted by Crippen LogP contribution is 2.42. The lowest BCUT2D eigenvalue weighted by Crippen LogP contribution is -2.04. The van der Waals surface area contributed by atoms with Crippen molar-refractivity contribution in [2.45, 2.75) is 13.8 Å². The molecule has 0 N–H and O–H groups in total. The van der Waals surface area contributed by atoms with Crippen molar-refractivity contribution in [2.75, 3.05) is 0 Å². The molecule has 0 amide bonds. The molecular weight excluding hydrogens is 891 g/mol. The molecule has 4 aromatic heterocycles. The number of nitriles is 1. The lowest BCUT2D eigenvalue weighted by Gasteiger charge is -2.17. The second-order valence-corrected chi connectivity index (χ2v) is 17.9. The van der Waals surface area contributed by atoms with E-state index < -0.39 is 0 Å². The number of para-hydroxylation sites is 4. The predicted molar refractivity (Wildman–Crippen MR) is 301 cm³/mol. The summed E-state index contributed by atoms with van der Waals surface area (Å²) in [6.45, 7) is 4.00. The van der Waals surface area contributed by atoms with Crippen molar-refractivity contribution in [2.24, 2.45) is 0 Å². The van der Waals surface area contributed by atoms with Crippen LogP contribution in [0.5, 0.6) is 0 Å². The van der Waals surface area contributed by atoms with E-state index >= 15 is 0 Å². The van der Waals surface area contributed by atoms with Crippen LogP contribution in [0.3, 0.4) is 0 Å². The van der Waals surface area contributed by atoms with E-state index in [0.717, 1.165) is 88.8 Å². The summed E-state index contributed by atoms with van der Waals surface area (Å²) >= 11 is 0. The average molecular weight is 936 g/mol. The maximum absolute atomic E-state index is 9.78. The second kappa shape index (κ2) is 17.8. The quantitative estimate of drug-likeness (QED) is 0.159. The van der Waals surface area contributed by atoms with Gasteiger partial charge in [-0.1, -0.05) is 178 Å². The van der Waals surface area contributed by atoms with Gasteiger partial charge >= 0.3 is 0 Å². The number of aromatic nitrogens is 6. The lowest BCUT2D eigenvalue weighted by molar-refractivity contribution is 1.06. The van der Waals surface area contributed by atoms with Gasteiger partial charge in [-0.3, -0.25) is 0 Å². The van der Waals surface area contributed by atoms with Gasteiger partial charge in [-0.15, -0.1) is 0 Å². The van der Waals surface area contributed by atoms with Gasteiger partial charge in [0.2, 0.25) is 0 Å². The molecule has 0 radical (unpaired) electrons. The SMILES string of the molecule is CC.N#Cc1ccc(-c2ccc(-c3nc(-c4ccccc4)nc(-c4ccccc4)n3)c(-n3c4cc(-n5c6ccccc6c6ccccc65)ccc4c4ccc(-n5c6ccccc6c6ccccc65)cc43)c2)cc1. The first-order chi connectivity index (χ1) is 36.2. The summed E-state index contributed by atoms with van der Waals surface area (Å²) in [6, 6.07) is 85.2. The van der Waals surface area contributed by atoms with E-state index in [-0.39, 0.29) is 0 Å². The molecule has 4 heterocycles. The first-order valence-corrected chi connectivity index (χ1v) is 24.7. The molecule has 0 aliphatic heterocycles. The lowest BCUT2D eigenvalue weighted by atomic mass is 10.0. The molecule has 0 spiro atoms. The summed E-state index contributed by atoms with van der Waals surface area (Å²) in [4.78, 5) is 15.7. The highest BCUT2D eigenvalue weighted by atomic mass is 15.1. The molecule has 0 aliphatic rings. The van der Waals surface area contributed by atoms with Gasteiger partial charge in [0.1, 0.15) is 0 Å². The summed E-state index contributed by atoms with van der Waals surface area (Å²) in [7, 11) is 0. The van der Waals surface area contributed by atoms with Gasteiger partial charge in [0.05, 0.1) is 50.4 Å². The number of nitrogens with zero attached hydrogens (tertiary/aromatic N) is 7. The Morgan fingerprint density at radius 3 is 1.14 bits per heavy atom. The largest absolute Gasteiger partial charge is 0.309 e. The maximum Gasteiger partial charge on any atom is 0.166 e. The molecule has 14 rings (SSSR count). The number of fused-ring (bicyclic) bond motifs is 9. The van der Waals surface area contributed by atoms with Crippen LogP contribution in [-0.4, -0.2) is 28.7 Å². The average Bonchev–Trinajstić information content (AvgIpc) is 4.11. The summed E-state index contributed by atoms with van der Waals surface area (Å²) in [6.07, 6.45) is 0. The molecule has 344 valence electrons. The van der Waals surface area contributed by atoms with E-state index in [0.29, 0.717) is 23.0 Å². The highest BCUT2D eigenvalue weighted by Gasteiger charge is 2.23. The fourth-order valence-corrected chi connectivity index (χ4v) is 10.7. The highest BCUT2D eigenvalue weighted by molar-refractivity contribution is 6.14. The Morgan fingerprint density at radius 1 is 0.315 bits per heavy atom. The van der Waals surface area contributed by atoms with Gasteiger partial charge in [-0.2, -0.15) is 5.26 Å². The Balaban J connectivity index is 0.00000255. The molecule has 0 saturated heterocycles. The van der Waals surface area contributed by atoms with Crippen LogP contribution in [-0.2, 0) is 0 Å². The summed E-state index contributed by atoms with van der Waals surface area (Å²) in [5, 5.41) is 16.8. The Bertz CT molecular complexity index is 4120. The van der Waals surface area contributed by atoms with E-state index in [9.17, 15) is 5.26 Å². The third kappa shape index (κ3) is 7.15. The zero-order valence-electron chi connectivity index (χ0n) is 40.1. The third-order valence-corrected chi connectivity index (χ3v) is 13.9. The molecule has 10 aromatic carbocycles. The van der Waals surface area contributed by atoms with Crippen LogP contribution in [0.1, 0.15) is 19.4 Å². The van der Waals surface area contributed by atoms with Crippen LogP contribution in [0, 0.1) is 11.3 Å². The van der Waals surface area contributed by atoms with Crippen molar-refractivity contribution < 1.29 is 0 Å². The van der Waals surface area contributed by atoms with Crippen molar-refractivity contribution in [3.8, 4) is 68.4 Å². The second-order valence-electron chi connectivity index (χ2n) is 17.9. The van der Waals surface area contributed by atoms with Crippen LogP contribution in [0.25, 0.3) is 128 Å². The topological polar surface area (TPSA) is 77.2 Å². The molecule has 73 heavy (non-hydrogen) atoms. The fourth-order valence-electron chi connectivity index (χ4n) is 10.7. The minimum atomic E-state index is 0.547. The Hall–Kier alpha value is -9.90. The van der Waals surface area contributed by atoms with Crippen LogP contribution < -0.4 is 0 Å². The molecule has 0 saturated carbocycles. The Morgan fingerprint density at radius 2 is 0.699 bits per heavy atom. The zero-order valence-corrected chi connectivity index (χ0v) is 40.1. The number of hydrogen-bond donors (Lipinski definition) is 0. The van der Waals surface area contributed by atoms with Crippen molar-refractivity contribution >= 4 is 65.4 Å². The maximum atomic E-state index is 9.78. The van der Waals surface area contributed by atoms with Crippen molar-refractivity contribution in [3.63, 3.8) is 0 Å². The normalized spacial score (nSPS) is 11.4. The van der Waals surface area contributed by atoms with Crippen LogP contribution >= 0.6 is 0 Å². The van der Waals surface area contributed by atoms with Gasteiger partial charge in [-0.25, -0.2) is 15.0 Å². The third-order valence-electron chi connectivity index (χ3n) is 13.9. The molecule has 0 aliphatic carbocycles. The predicted octanol–water partition coefficient (Wildman–Crippen LogP) is 16.7. The fraction of sp³-hybridized carbons (Fsp3) is 0.0303. The molecule has 0 bridgehead atoms. The number of benzene rings is 10. The number of rotatable bonds is 7. The molecule has 14 aromatic rings. The first-order valence-electron chi connectivity index (χ1n) is 24.7. The number of hydrogen-bond acceptors (Lipinski definition) is 4. The molecule has 7 nitrogen and oxygen atoms in total. The van der Waals surface area contributed by atoms with Crippen LogP contribution in [0.15, 0.2) is 237 Å². The van der Waals surface area contributed by atoms with Crippen molar-refractivity contribution in [1.82, 2.24) is 28.7 Å². The minimum Gasteiger partial charge on any atom is -0.309 e. The Labute approximate surface area is 421 Å². The van der Waals surface area contributed by atoms with Crippen LogP contribution in [0.2, 0.25) is 0 Å². The standard InChI is InChI=1S/C64H39N7.C2H6/c65-40-41-27-29-42(30-28-41)45-31-34-54(64-67-62(43-15-3-1-4-16-43)66-63(68-64)44-17-5-2-6-18-44)59(37-45)71-60-38-46(69-55-23-11-7-19-48(55)49-20-8-12-24-56(49)69)32-35-52(60)53-36-33-47(39-61(53)71)70-57-25-13-9-21-50(57)51-22-10-14-26-58(51)70;1-2/h1-39H;1-2H3. The first kappa shape index (κ1) is 43.1. The van der Waals surface area contributed by atoms with Crippen molar-refractivity contribution in [1.29, 1.82) is 5.26 Å². The molecule has 0 unspecified atom stereocenters. The minimum absolute atomic E-state index is 0.547. The van der Waals surface area contributed by atoms with Gasteiger partial charge in [0.15, 0.2) is 17.5 Å².